The quantitative estimate of drug-likeness (QED) is 0.746. The molecule has 2 aromatic carbocycles. The Labute approximate surface area is 170 Å². The van der Waals surface area contributed by atoms with Gasteiger partial charge >= 0.3 is 0 Å². The van der Waals surface area contributed by atoms with E-state index in [0.717, 1.165) is 18.8 Å². The Morgan fingerprint density at radius 3 is 2.39 bits per heavy atom. The van der Waals surface area contributed by atoms with Crippen molar-refractivity contribution in [1.29, 1.82) is 0 Å². The number of benzene rings is 2. The summed E-state index contributed by atoms with van der Waals surface area (Å²) in [6.07, 6.45) is 3.67. The molecule has 0 saturated carbocycles. The molecule has 0 radical (unpaired) electrons. The van der Waals surface area contributed by atoms with Crippen molar-refractivity contribution >= 4 is 38.9 Å². The maximum Gasteiger partial charge on any atom is 0.242 e. The average molecular weight is 422 g/mol. The molecule has 0 aromatic heterocycles. The van der Waals surface area contributed by atoms with Crippen LogP contribution in [0.1, 0.15) is 26.2 Å². The second-order valence-electron chi connectivity index (χ2n) is 6.88. The summed E-state index contributed by atoms with van der Waals surface area (Å²) < 4.78 is 27.2. The zero-order valence-electron chi connectivity index (χ0n) is 15.7. The van der Waals surface area contributed by atoms with Gasteiger partial charge in [-0.05, 0) is 68.7 Å². The van der Waals surface area contributed by atoms with Gasteiger partial charge in [-0.15, -0.1) is 0 Å². The number of nitrogens with zero attached hydrogens (tertiary/aromatic N) is 1. The molecule has 6 nitrogen and oxygen atoms in total. The van der Waals surface area contributed by atoms with Gasteiger partial charge in [-0.2, -0.15) is 4.72 Å². The zero-order chi connectivity index (χ0) is 20.1. The highest BCUT2D eigenvalue weighted by atomic mass is 35.5. The van der Waals surface area contributed by atoms with Gasteiger partial charge in [0.05, 0.1) is 10.9 Å². The highest BCUT2D eigenvalue weighted by molar-refractivity contribution is 7.89. The van der Waals surface area contributed by atoms with Crippen LogP contribution in [0.3, 0.4) is 0 Å². The number of hydrogen-bond donors (Lipinski definition) is 2. The number of nitrogens with one attached hydrogen (secondary N) is 2. The second kappa shape index (κ2) is 8.94. The summed E-state index contributed by atoms with van der Waals surface area (Å²) in [4.78, 5) is 14.7. The van der Waals surface area contributed by atoms with Crippen molar-refractivity contribution in [3.05, 3.63) is 53.6 Å². The molecule has 2 N–H and O–H groups in total. The van der Waals surface area contributed by atoms with Crippen LogP contribution >= 0.6 is 11.6 Å². The summed E-state index contributed by atoms with van der Waals surface area (Å²) in [5, 5.41) is 3.06. The summed E-state index contributed by atoms with van der Waals surface area (Å²) in [6, 6.07) is 12.6. The van der Waals surface area contributed by atoms with Crippen LogP contribution in [0.2, 0.25) is 5.02 Å². The van der Waals surface area contributed by atoms with E-state index in [9.17, 15) is 13.2 Å². The number of carbonyl (C=O) groups excluding carboxylic acids is 1. The lowest BCUT2D eigenvalue weighted by molar-refractivity contribution is -0.117. The van der Waals surface area contributed by atoms with E-state index >= 15 is 0 Å². The molecule has 1 fully saturated rings. The first-order chi connectivity index (χ1) is 13.3. The first-order valence-electron chi connectivity index (χ1n) is 9.29. The third-order valence-corrected chi connectivity index (χ3v) is 6.46. The number of amides is 1. The lowest BCUT2D eigenvalue weighted by atomic mass is 10.1. The van der Waals surface area contributed by atoms with Gasteiger partial charge in [-0.25, -0.2) is 8.42 Å². The maximum absolute atomic E-state index is 12.4. The minimum absolute atomic E-state index is 0.0190. The Hall–Kier alpha value is -2.09. The van der Waals surface area contributed by atoms with Crippen molar-refractivity contribution in [1.82, 2.24) is 4.72 Å². The van der Waals surface area contributed by atoms with E-state index in [1.165, 1.54) is 38.3 Å². The van der Waals surface area contributed by atoms with E-state index in [1.54, 1.807) is 12.1 Å². The van der Waals surface area contributed by atoms with Crippen LogP contribution in [-0.4, -0.2) is 33.5 Å². The smallest absolute Gasteiger partial charge is 0.242 e. The predicted octanol–water partition coefficient (Wildman–Crippen LogP) is 3.64. The molecule has 1 aliphatic rings. The van der Waals surface area contributed by atoms with Crippen LogP contribution in [0, 0.1) is 0 Å². The number of sulfonamides is 1. The number of piperidine rings is 1. The number of carbonyl (C=O) groups is 1. The van der Waals surface area contributed by atoms with E-state index in [1.807, 2.05) is 24.3 Å². The fraction of sp³-hybridized carbons (Fsp3) is 0.350. The van der Waals surface area contributed by atoms with Gasteiger partial charge in [0, 0.05) is 29.5 Å². The van der Waals surface area contributed by atoms with E-state index in [4.69, 9.17) is 11.6 Å². The van der Waals surface area contributed by atoms with E-state index in [2.05, 4.69) is 14.9 Å². The predicted molar refractivity (Wildman–Crippen MR) is 112 cm³/mol. The van der Waals surface area contributed by atoms with E-state index in [0.29, 0.717) is 10.7 Å². The normalized spacial score (nSPS) is 15.9. The Bertz CT molecular complexity index is 926. The van der Waals surface area contributed by atoms with Crippen LogP contribution in [0.25, 0.3) is 0 Å². The summed E-state index contributed by atoms with van der Waals surface area (Å²) in [5.41, 5.74) is 1.76. The molecule has 1 amide bonds. The molecule has 1 saturated heterocycles. The third kappa shape index (κ3) is 5.25. The standard InChI is InChI=1S/C20H24ClN3O3S/c1-15(23-28(26,27)19-7-5-6-16(21)14-19)20(25)22-17-8-10-18(11-9-17)24-12-3-2-4-13-24/h5-11,14-15,23H,2-4,12-13H2,1H3,(H,22,25). The molecular weight excluding hydrogens is 398 g/mol. The molecule has 1 unspecified atom stereocenters. The van der Waals surface area contributed by atoms with Gasteiger partial charge in [-0.1, -0.05) is 17.7 Å². The van der Waals surface area contributed by atoms with Gasteiger partial charge in [-0.3, -0.25) is 4.79 Å². The van der Waals surface area contributed by atoms with Gasteiger partial charge in [0.1, 0.15) is 0 Å². The van der Waals surface area contributed by atoms with Crippen molar-refractivity contribution in [3.63, 3.8) is 0 Å². The Morgan fingerprint density at radius 2 is 1.75 bits per heavy atom. The monoisotopic (exact) mass is 421 g/mol. The van der Waals surface area contributed by atoms with Gasteiger partial charge in [0.25, 0.3) is 0 Å². The van der Waals surface area contributed by atoms with Crippen molar-refractivity contribution in [3.8, 4) is 0 Å². The molecule has 3 rings (SSSR count). The number of halogens is 1. The third-order valence-electron chi connectivity index (χ3n) is 4.69. The Morgan fingerprint density at radius 1 is 1.07 bits per heavy atom. The van der Waals surface area contributed by atoms with Gasteiger partial charge in [0.15, 0.2) is 0 Å². The van der Waals surface area contributed by atoms with Gasteiger partial charge < -0.3 is 10.2 Å². The summed E-state index contributed by atoms with van der Waals surface area (Å²) in [7, 11) is -3.84. The zero-order valence-corrected chi connectivity index (χ0v) is 17.3. The van der Waals surface area contributed by atoms with Crippen LogP contribution < -0.4 is 14.9 Å². The molecule has 150 valence electrons. The molecule has 28 heavy (non-hydrogen) atoms. The minimum Gasteiger partial charge on any atom is -0.372 e. The van der Waals surface area contributed by atoms with E-state index in [-0.39, 0.29) is 4.90 Å². The fourth-order valence-electron chi connectivity index (χ4n) is 3.15. The lowest BCUT2D eigenvalue weighted by Crippen LogP contribution is -2.41. The van der Waals surface area contributed by atoms with Crippen LogP contribution in [0.5, 0.6) is 0 Å². The summed E-state index contributed by atoms with van der Waals surface area (Å²) in [5.74, 6) is -0.434. The molecule has 8 heteroatoms. The molecule has 2 aromatic rings. The van der Waals surface area contributed by atoms with Crippen LogP contribution in [-0.2, 0) is 14.8 Å². The largest absolute Gasteiger partial charge is 0.372 e. The minimum atomic E-state index is -3.84. The van der Waals surface area contributed by atoms with E-state index < -0.39 is 22.0 Å². The summed E-state index contributed by atoms with van der Waals surface area (Å²) in [6.45, 7) is 3.60. The maximum atomic E-state index is 12.4. The van der Waals surface area contributed by atoms with Gasteiger partial charge in [0.2, 0.25) is 15.9 Å². The molecule has 0 spiro atoms. The van der Waals surface area contributed by atoms with Crippen LogP contribution in [0.4, 0.5) is 11.4 Å². The van der Waals surface area contributed by atoms with Crippen molar-refractivity contribution < 1.29 is 13.2 Å². The highest BCUT2D eigenvalue weighted by Crippen LogP contribution is 2.22. The Kier molecular flexibility index (Phi) is 6.59. The molecular formula is C20H24ClN3O3S. The average Bonchev–Trinajstić information content (AvgIpc) is 2.69. The second-order valence-corrected chi connectivity index (χ2v) is 9.03. The van der Waals surface area contributed by atoms with Crippen molar-refractivity contribution in [2.45, 2.75) is 37.1 Å². The molecule has 1 atom stereocenters. The molecule has 1 aliphatic heterocycles. The Balaban J connectivity index is 1.60. The number of rotatable bonds is 6. The van der Waals surface area contributed by atoms with Crippen molar-refractivity contribution in [2.75, 3.05) is 23.3 Å². The summed E-state index contributed by atoms with van der Waals surface area (Å²) >= 11 is 5.85. The topological polar surface area (TPSA) is 78.5 Å². The first kappa shape index (κ1) is 20.6. The lowest BCUT2D eigenvalue weighted by Gasteiger charge is -2.28. The molecule has 0 aliphatic carbocycles. The first-order valence-corrected chi connectivity index (χ1v) is 11.1. The molecule has 0 bridgehead atoms. The molecule has 1 heterocycles. The van der Waals surface area contributed by atoms with Crippen molar-refractivity contribution in [2.24, 2.45) is 0 Å². The SMILES string of the molecule is CC(NS(=O)(=O)c1cccc(Cl)c1)C(=O)Nc1ccc(N2CCCCC2)cc1. The number of anilines is 2. The fourth-order valence-corrected chi connectivity index (χ4v) is 4.65. The number of hydrogen-bond acceptors (Lipinski definition) is 4. The van der Waals surface area contributed by atoms with Crippen LogP contribution in [0.15, 0.2) is 53.4 Å². The highest BCUT2D eigenvalue weighted by Gasteiger charge is 2.22.